The molecule has 0 bridgehead atoms. The fraction of sp³-hybridized carbons (Fsp3) is 0.429. The van der Waals surface area contributed by atoms with Gasteiger partial charge in [-0.25, -0.2) is 0 Å². The number of hydrogen-bond donors (Lipinski definition) is 1. The predicted molar refractivity (Wildman–Crippen MR) is 94.9 cm³/mol. The molecule has 2 heterocycles. The molecule has 120 valence electrons. The Morgan fingerprint density at radius 1 is 1.55 bits per heavy atom. The molecule has 0 aliphatic carbocycles. The summed E-state index contributed by atoms with van der Waals surface area (Å²) in [5, 5.41) is 10.3. The number of nitrogens with zero attached hydrogens (tertiary/aromatic N) is 1. The van der Waals surface area contributed by atoms with E-state index in [1.54, 1.807) is 11.5 Å². The zero-order valence-corrected chi connectivity index (χ0v) is 15.8. The van der Waals surface area contributed by atoms with Crippen LogP contribution >= 0.6 is 46.1 Å². The number of rotatable bonds is 7. The van der Waals surface area contributed by atoms with E-state index in [9.17, 15) is 9.90 Å². The number of halogens is 1. The Morgan fingerprint density at radius 2 is 2.32 bits per heavy atom. The lowest BCUT2D eigenvalue weighted by Gasteiger charge is -2.05. The van der Waals surface area contributed by atoms with Crippen molar-refractivity contribution in [1.29, 1.82) is 0 Å². The van der Waals surface area contributed by atoms with Gasteiger partial charge in [0.2, 0.25) is 5.88 Å². The van der Waals surface area contributed by atoms with Gasteiger partial charge in [-0.2, -0.15) is 0 Å². The number of carbonyl (C=O) groups excluding carboxylic acids is 1. The van der Waals surface area contributed by atoms with Crippen molar-refractivity contribution < 1.29 is 19.1 Å². The number of carbonyl (C=O) groups is 1. The summed E-state index contributed by atoms with van der Waals surface area (Å²) in [4.78, 5) is 12.1. The number of aromatic hydroxyl groups is 1. The molecule has 0 aliphatic rings. The molecule has 2 rings (SSSR count). The van der Waals surface area contributed by atoms with Gasteiger partial charge in [0.15, 0.2) is 7.72 Å². The quantitative estimate of drug-likeness (QED) is 0.388. The van der Waals surface area contributed by atoms with Crippen molar-refractivity contribution in [2.45, 2.75) is 32.7 Å². The lowest BCUT2D eigenvalue weighted by atomic mass is 10.3. The van der Waals surface area contributed by atoms with Crippen molar-refractivity contribution in [1.82, 2.24) is 4.57 Å². The van der Waals surface area contributed by atoms with E-state index in [0.29, 0.717) is 36.4 Å². The molecule has 0 saturated carbocycles. The van der Waals surface area contributed by atoms with E-state index in [0.717, 1.165) is 14.4 Å². The normalized spacial score (nSPS) is 10.8. The topological polar surface area (TPSA) is 64.6 Å². The molecular weight excluding hydrogens is 437 g/mol. The number of thiazole rings is 1. The fourth-order valence-electron chi connectivity index (χ4n) is 1.98. The maximum atomic E-state index is 11.3. The fourth-order valence-corrected chi connectivity index (χ4v) is 3.83. The first-order valence-electron chi connectivity index (χ1n) is 6.82. The zero-order valence-electron chi connectivity index (χ0n) is 12.0. The average Bonchev–Trinajstić information content (AvgIpc) is 2.97. The van der Waals surface area contributed by atoms with Crippen molar-refractivity contribution in [3.63, 3.8) is 0 Å². The molecule has 8 heteroatoms. The maximum absolute atomic E-state index is 11.3. The van der Waals surface area contributed by atoms with Gasteiger partial charge >= 0.3 is 5.97 Å². The summed E-state index contributed by atoms with van der Waals surface area (Å²) in [5.74, 6) is 0.717. The van der Waals surface area contributed by atoms with Gasteiger partial charge in [0, 0.05) is 19.4 Å². The van der Waals surface area contributed by atoms with E-state index in [-0.39, 0.29) is 11.8 Å². The lowest BCUT2D eigenvalue weighted by molar-refractivity contribution is -0.143. The molecular formula is C14H16INO4S2. The van der Waals surface area contributed by atoms with Crippen molar-refractivity contribution in [3.8, 4) is 5.88 Å². The van der Waals surface area contributed by atoms with Crippen molar-refractivity contribution in [3.05, 3.63) is 30.5 Å². The SMILES string of the molecule is CCOC(=O)CCCn1c(O)c(Cc2ccc(I)o2)sc1=S. The van der Waals surface area contributed by atoms with Crippen LogP contribution in [0.2, 0.25) is 0 Å². The van der Waals surface area contributed by atoms with Crippen LogP contribution in [0, 0.1) is 7.72 Å². The highest BCUT2D eigenvalue weighted by Crippen LogP contribution is 2.29. The van der Waals surface area contributed by atoms with Gasteiger partial charge in [-0.3, -0.25) is 9.36 Å². The first-order chi connectivity index (χ1) is 10.5. The predicted octanol–water partition coefficient (Wildman–Crippen LogP) is 4.12. The standard InChI is InChI=1S/C14H16INO4S2/c1-2-19-12(17)4-3-7-16-13(18)10(22-14(16)21)8-9-5-6-11(15)20-9/h5-6,18H,2-4,7-8H2,1H3. The summed E-state index contributed by atoms with van der Waals surface area (Å²) in [6.07, 6.45) is 1.40. The van der Waals surface area contributed by atoms with Crippen LogP contribution in [-0.2, 0) is 22.5 Å². The molecule has 0 atom stereocenters. The third kappa shape index (κ3) is 4.56. The summed E-state index contributed by atoms with van der Waals surface area (Å²) < 4.78 is 13.4. The first-order valence-corrected chi connectivity index (χ1v) is 9.13. The first kappa shape index (κ1) is 17.5. The smallest absolute Gasteiger partial charge is 0.305 e. The second-order valence-electron chi connectivity index (χ2n) is 4.56. The molecule has 2 aromatic heterocycles. The highest BCUT2D eigenvalue weighted by Gasteiger charge is 2.14. The van der Waals surface area contributed by atoms with Gasteiger partial charge in [0.1, 0.15) is 5.76 Å². The van der Waals surface area contributed by atoms with E-state index < -0.39 is 0 Å². The van der Waals surface area contributed by atoms with Crippen LogP contribution in [0.3, 0.4) is 0 Å². The Hall–Kier alpha value is -0.870. The van der Waals surface area contributed by atoms with Crippen molar-refractivity contribution >= 4 is 52.1 Å². The monoisotopic (exact) mass is 453 g/mol. The Balaban J connectivity index is 2.01. The number of esters is 1. The number of ether oxygens (including phenoxy) is 1. The Kier molecular flexibility index (Phi) is 6.45. The van der Waals surface area contributed by atoms with Crippen molar-refractivity contribution in [2.75, 3.05) is 6.61 Å². The summed E-state index contributed by atoms with van der Waals surface area (Å²) in [5.41, 5.74) is 0. The molecule has 0 aliphatic heterocycles. The minimum absolute atomic E-state index is 0.158. The second-order valence-corrected chi connectivity index (χ2v) is 7.35. The van der Waals surface area contributed by atoms with Gasteiger partial charge in [-0.05, 0) is 60.3 Å². The number of furan rings is 1. The van der Waals surface area contributed by atoms with Crippen LogP contribution in [0.4, 0.5) is 0 Å². The third-order valence-electron chi connectivity index (χ3n) is 2.97. The molecule has 0 spiro atoms. The van der Waals surface area contributed by atoms with Crippen LogP contribution in [-0.4, -0.2) is 22.2 Å². The van der Waals surface area contributed by atoms with Crippen LogP contribution in [0.5, 0.6) is 5.88 Å². The van der Waals surface area contributed by atoms with Crippen molar-refractivity contribution in [2.24, 2.45) is 0 Å². The number of hydrogen-bond acceptors (Lipinski definition) is 6. The van der Waals surface area contributed by atoms with E-state index >= 15 is 0 Å². The van der Waals surface area contributed by atoms with E-state index in [1.807, 2.05) is 12.1 Å². The molecule has 0 amide bonds. The third-order valence-corrected chi connectivity index (χ3v) is 4.99. The minimum Gasteiger partial charge on any atom is -0.494 e. The lowest BCUT2D eigenvalue weighted by Crippen LogP contribution is -2.06. The van der Waals surface area contributed by atoms with Gasteiger partial charge in [-0.1, -0.05) is 0 Å². The summed E-state index contributed by atoms with van der Waals surface area (Å²) in [7, 11) is 0. The molecule has 2 aromatic rings. The zero-order chi connectivity index (χ0) is 16.1. The molecule has 5 nitrogen and oxygen atoms in total. The van der Waals surface area contributed by atoms with Gasteiger partial charge in [0.25, 0.3) is 0 Å². The Labute approximate surface area is 151 Å². The van der Waals surface area contributed by atoms with Gasteiger partial charge in [0.05, 0.1) is 11.5 Å². The number of aromatic nitrogens is 1. The van der Waals surface area contributed by atoms with E-state index in [4.69, 9.17) is 21.4 Å². The molecule has 0 saturated heterocycles. The molecule has 0 aromatic carbocycles. The largest absolute Gasteiger partial charge is 0.494 e. The van der Waals surface area contributed by atoms with Gasteiger partial charge in [-0.15, -0.1) is 11.3 Å². The Morgan fingerprint density at radius 3 is 2.95 bits per heavy atom. The molecule has 0 radical (unpaired) electrons. The van der Waals surface area contributed by atoms with E-state index in [1.165, 1.54) is 11.3 Å². The summed E-state index contributed by atoms with van der Waals surface area (Å²) in [6.45, 7) is 2.66. The van der Waals surface area contributed by atoms with Crippen LogP contribution in [0.15, 0.2) is 16.5 Å². The van der Waals surface area contributed by atoms with Crippen LogP contribution in [0.25, 0.3) is 0 Å². The highest BCUT2D eigenvalue weighted by atomic mass is 127. The minimum atomic E-state index is -0.228. The summed E-state index contributed by atoms with van der Waals surface area (Å²) >= 11 is 8.75. The van der Waals surface area contributed by atoms with E-state index in [2.05, 4.69) is 22.6 Å². The molecule has 1 N–H and O–H groups in total. The average molecular weight is 453 g/mol. The second kappa shape index (κ2) is 8.11. The molecule has 22 heavy (non-hydrogen) atoms. The van der Waals surface area contributed by atoms with Gasteiger partial charge < -0.3 is 14.3 Å². The maximum Gasteiger partial charge on any atom is 0.305 e. The molecule has 0 fully saturated rings. The summed E-state index contributed by atoms with van der Waals surface area (Å²) in [6, 6.07) is 3.76. The van der Waals surface area contributed by atoms with Crippen LogP contribution in [0.1, 0.15) is 30.4 Å². The molecule has 0 unspecified atom stereocenters. The Bertz CT molecular complexity index is 704. The van der Waals surface area contributed by atoms with Crippen LogP contribution < -0.4 is 0 Å². The highest BCUT2D eigenvalue weighted by molar-refractivity contribution is 14.1.